The van der Waals surface area contributed by atoms with E-state index < -0.39 is 0 Å². The van der Waals surface area contributed by atoms with E-state index in [1.807, 2.05) is 49.0 Å². The van der Waals surface area contributed by atoms with Gasteiger partial charge in [-0.05, 0) is 19.1 Å². The molecule has 1 aliphatic heterocycles. The Hall–Kier alpha value is -2.01. The van der Waals surface area contributed by atoms with E-state index in [-0.39, 0.29) is 5.91 Å². The number of pyridine rings is 1. The van der Waals surface area contributed by atoms with Crippen LogP contribution in [0.15, 0.2) is 42.5 Å². The van der Waals surface area contributed by atoms with Gasteiger partial charge in [-0.25, -0.2) is 4.98 Å². The molecule has 1 saturated heterocycles. The van der Waals surface area contributed by atoms with E-state index in [2.05, 4.69) is 16.8 Å². The van der Waals surface area contributed by atoms with Crippen molar-refractivity contribution in [3.05, 3.63) is 48.0 Å². The number of para-hydroxylation sites is 1. The lowest BCUT2D eigenvalue weighted by Gasteiger charge is -2.28. The highest BCUT2D eigenvalue weighted by atomic mass is 32.2. The monoisotopic (exact) mass is 327 g/mol. The maximum absolute atomic E-state index is 12.6. The Labute approximate surface area is 141 Å². The number of anilines is 1. The van der Waals surface area contributed by atoms with Crippen molar-refractivity contribution in [1.29, 1.82) is 0 Å². The quantitative estimate of drug-likeness (QED) is 0.877. The average molecular weight is 327 g/mol. The average Bonchev–Trinajstić information content (AvgIpc) is 2.59. The minimum atomic E-state index is -0.0702. The Morgan fingerprint density at radius 3 is 2.83 bits per heavy atom. The second-order valence-corrected chi connectivity index (χ2v) is 7.01. The molecule has 2 heterocycles. The molecule has 0 atom stereocenters. The number of thioether (sulfide) groups is 1. The fourth-order valence-electron chi connectivity index (χ4n) is 2.63. The fraction of sp³-hybridized carbons (Fsp3) is 0.333. The molecule has 0 bridgehead atoms. The lowest BCUT2D eigenvalue weighted by atomic mass is 10.1. The van der Waals surface area contributed by atoms with Gasteiger partial charge in [0.15, 0.2) is 0 Å². The van der Waals surface area contributed by atoms with Crippen molar-refractivity contribution in [2.45, 2.75) is 6.92 Å². The molecule has 0 unspecified atom stereocenters. The highest BCUT2D eigenvalue weighted by molar-refractivity contribution is 7.99. The van der Waals surface area contributed by atoms with Crippen LogP contribution in [0.4, 0.5) is 5.82 Å². The summed E-state index contributed by atoms with van der Waals surface area (Å²) in [6, 6.07) is 9.74. The van der Waals surface area contributed by atoms with Crippen LogP contribution >= 0.6 is 11.8 Å². The normalized spacial score (nSPS) is 14.7. The molecule has 23 heavy (non-hydrogen) atoms. The van der Waals surface area contributed by atoms with Crippen molar-refractivity contribution < 1.29 is 4.79 Å². The molecule has 5 heteroatoms. The van der Waals surface area contributed by atoms with Crippen LogP contribution in [0.5, 0.6) is 0 Å². The number of fused-ring (bicyclic) bond motifs is 1. The fourth-order valence-corrected chi connectivity index (χ4v) is 3.53. The Kier molecular flexibility index (Phi) is 4.86. The minimum Gasteiger partial charge on any atom is -0.355 e. The van der Waals surface area contributed by atoms with Crippen LogP contribution in [0.25, 0.3) is 10.9 Å². The number of amides is 1. The number of aromatic nitrogens is 1. The van der Waals surface area contributed by atoms with Gasteiger partial charge < -0.3 is 10.2 Å². The predicted molar refractivity (Wildman–Crippen MR) is 98.4 cm³/mol. The maximum atomic E-state index is 12.6. The summed E-state index contributed by atoms with van der Waals surface area (Å²) in [5, 5.41) is 3.82. The summed E-state index contributed by atoms with van der Waals surface area (Å²) in [6.45, 7) is 8.18. The number of carbonyl (C=O) groups excluding carboxylic acids is 1. The maximum Gasteiger partial charge on any atom is 0.252 e. The number of benzene rings is 1. The largest absolute Gasteiger partial charge is 0.355 e. The Balaban J connectivity index is 1.99. The molecule has 1 aromatic carbocycles. The van der Waals surface area contributed by atoms with Crippen LogP contribution in [-0.2, 0) is 0 Å². The molecule has 120 valence electrons. The third-order valence-corrected chi connectivity index (χ3v) is 4.78. The molecule has 4 nitrogen and oxygen atoms in total. The first-order valence-electron chi connectivity index (χ1n) is 7.80. The Bertz CT molecular complexity index is 738. The number of hydrogen-bond donors (Lipinski definition) is 1. The van der Waals surface area contributed by atoms with Crippen LogP contribution in [0.1, 0.15) is 17.3 Å². The summed E-state index contributed by atoms with van der Waals surface area (Å²) in [6.07, 6.45) is 0. The van der Waals surface area contributed by atoms with Gasteiger partial charge in [-0.1, -0.05) is 30.4 Å². The van der Waals surface area contributed by atoms with Crippen molar-refractivity contribution in [2.75, 3.05) is 36.0 Å². The van der Waals surface area contributed by atoms with Crippen LogP contribution < -0.4 is 10.2 Å². The van der Waals surface area contributed by atoms with Gasteiger partial charge in [-0.3, -0.25) is 4.79 Å². The van der Waals surface area contributed by atoms with Crippen molar-refractivity contribution >= 4 is 34.4 Å². The summed E-state index contributed by atoms with van der Waals surface area (Å²) >= 11 is 1.96. The molecule has 1 aliphatic rings. The SMILES string of the molecule is C=C(C)CNC(=O)c1cc(N2CCSCC2)nc2ccccc12. The van der Waals surface area contributed by atoms with E-state index in [1.165, 1.54) is 0 Å². The highest BCUT2D eigenvalue weighted by Gasteiger charge is 2.17. The Morgan fingerprint density at radius 1 is 1.35 bits per heavy atom. The molecule has 0 spiro atoms. The van der Waals surface area contributed by atoms with Gasteiger partial charge >= 0.3 is 0 Å². The molecule has 1 fully saturated rings. The first-order valence-corrected chi connectivity index (χ1v) is 8.95. The second-order valence-electron chi connectivity index (χ2n) is 5.78. The molecule has 0 saturated carbocycles. The molecule has 1 N–H and O–H groups in total. The summed E-state index contributed by atoms with van der Waals surface area (Å²) in [4.78, 5) is 19.6. The standard InChI is InChI=1S/C18H21N3OS/c1-13(2)12-19-18(22)15-11-17(21-7-9-23-10-8-21)20-16-6-4-3-5-14(15)16/h3-6,11H,1,7-10,12H2,2H3,(H,19,22). The van der Waals surface area contributed by atoms with E-state index in [0.29, 0.717) is 12.1 Å². The zero-order valence-corrected chi connectivity index (χ0v) is 14.2. The van der Waals surface area contributed by atoms with Crippen LogP contribution in [-0.4, -0.2) is 42.0 Å². The topological polar surface area (TPSA) is 45.2 Å². The van der Waals surface area contributed by atoms with Gasteiger partial charge in [0, 0.05) is 36.5 Å². The first kappa shape index (κ1) is 15.9. The number of rotatable bonds is 4. The molecule has 2 aromatic rings. The molecule has 0 radical (unpaired) electrons. The molecule has 0 aliphatic carbocycles. The number of hydrogen-bond acceptors (Lipinski definition) is 4. The van der Waals surface area contributed by atoms with Gasteiger partial charge in [0.25, 0.3) is 5.91 Å². The van der Waals surface area contributed by atoms with Gasteiger partial charge in [-0.15, -0.1) is 0 Å². The third-order valence-electron chi connectivity index (χ3n) is 3.83. The zero-order valence-electron chi connectivity index (χ0n) is 13.3. The second kappa shape index (κ2) is 7.04. The lowest BCUT2D eigenvalue weighted by molar-refractivity contribution is 0.0958. The summed E-state index contributed by atoms with van der Waals surface area (Å²) < 4.78 is 0. The van der Waals surface area contributed by atoms with Crippen molar-refractivity contribution in [3.8, 4) is 0 Å². The predicted octanol–water partition coefficient (Wildman–Crippen LogP) is 3.09. The smallest absolute Gasteiger partial charge is 0.252 e. The highest BCUT2D eigenvalue weighted by Crippen LogP contribution is 2.25. The summed E-state index contributed by atoms with van der Waals surface area (Å²) in [5.74, 6) is 3.03. The lowest BCUT2D eigenvalue weighted by Crippen LogP contribution is -2.33. The van der Waals surface area contributed by atoms with Crippen molar-refractivity contribution in [3.63, 3.8) is 0 Å². The summed E-state index contributed by atoms with van der Waals surface area (Å²) in [5.41, 5.74) is 2.48. The van der Waals surface area contributed by atoms with E-state index in [4.69, 9.17) is 4.98 Å². The molecule has 1 aromatic heterocycles. The van der Waals surface area contributed by atoms with Crippen LogP contribution in [0.2, 0.25) is 0 Å². The van der Waals surface area contributed by atoms with Crippen molar-refractivity contribution in [2.24, 2.45) is 0 Å². The molecule has 3 rings (SSSR count). The minimum absolute atomic E-state index is 0.0702. The van der Waals surface area contributed by atoms with E-state index in [1.54, 1.807) is 0 Å². The van der Waals surface area contributed by atoms with Crippen LogP contribution in [0, 0.1) is 0 Å². The van der Waals surface area contributed by atoms with Gasteiger partial charge in [0.2, 0.25) is 0 Å². The van der Waals surface area contributed by atoms with Crippen molar-refractivity contribution in [1.82, 2.24) is 10.3 Å². The van der Waals surface area contributed by atoms with E-state index in [0.717, 1.165) is 46.9 Å². The van der Waals surface area contributed by atoms with Gasteiger partial charge in [0.05, 0.1) is 11.1 Å². The molecule has 1 amide bonds. The molecular formula is C18H21N3OS. The molecular weight excluding hydrogens is 306 g/mol. The Morgan fingerprint density at radius 2 is 2.09 bits per heavy atom. The van der Waals surface area contributed by atoms with Crippen LogP contribution in [0.3, 0.4) is 0 Å². The van der Waals surface area contributed by atoms with E-state index >= 15 is 0 Å². The number of nitrogens with zero attached hydrogens (tertiary/aromatic N) is 2. The summed E-state index contributed by atoms with van der Waals surface area (Å²) in [7, 11) is 0. The van der Waals surface area contributed by atoms with E-state index in [9.17, 15) is 4.79 Å². The van der Waals surface area contributed by atoms with Gasteiger partial charge in [0.1, 0.15) is 5.82 Å². The first-order chi connectivity index (χ1) is 11.1. The third kappa shape index (κ3) is 3.67. The van der Waals surface area contributed by atoms with Gasteiger partial charge in [-0.2, -0.15) is 11.8 Å². The number of carbonyl (C=O) groups is 1. The zero-order chi connectivity index (χ0) is 16.2. The number of nitrogens with one attached hydrogen (secondary N) is 1.